The Morgan fingerprint density at radius 2 is 2.46 bits per heavy atom. The lowest BCUT2D eigenvalue weighted by Gasteiger charge is -2.20. The van der Waals surface area contributed by atoms with Crippen molar-refractivity contribution in [1.82, 2.24) is 4.90 Å². The Bertz CT molecular complexity index is 432. The molecule has 0 aromatic heterocycles. The maximum absolute atomic E-state index is 5.23. The molecule has 64 valence electrons. The number of rotatable bonds is 0. The van der Waals surface area contributed by atoms with Gasteiger partial charge in [-0.05, 0) is 0 Å². The third kappa shape index (κ3) is 0.767. The van der Waals surface area contributed by atoms with Gasteiger partial charge in [-0.25, -0.2) is 4.42 Å². The molecule has 3 heterocycles. The molecule has 0 spiro atoms. The number of aldehydes is 1. The van der Waals surface area contributed by atoms with E-state index in [1.165, 1.54) is 0 Å². The van der Waals surface area contributed by atoms with E-state index in [2.05, 4.69) is 10.6 Å². The highest BCUT2D eigenvalue weighted by molar-refractivity contribution is 5.83. The summed E-state index contributed by atoms with van der Waals surface area (Å²) in [7, 11) is 2.00. The predicted molar refractivity (Wildman–Crippen MR) is 46.5 cm³/mol. The summed E-state index contributed by atoms with van der Waals surface area (Å²) >= 11 is 0. The van der Waals surface area contributed by atoms with Crippen molar-refractivity contribution in [2.45, 2.75) is 0 Å². The molecule has 0 aromatic rings. The van der Waals surface area contributed by atoms with E-state index >= 15 is 0 Å². The lowest BCUT2D eigenvalue weighted by atomic mass is 10.1. The molecule has 0 saturated heterocycles. The van der Waals surface area contributed by atoms with Crippen LogP contribution in [0.5, 0.6) is 0 Å². The molecule has 0 aliphatic carbocycles. The van der Waals surface area contributed by atoms with Crippen LogP contribution in [-0.2, 0) is 9.16 Å². The van der Waals surface area contributed by atoms with Crippen LogP contribution >= 0.6 is 0 Å². The predicted octanol–water partition coefficient (Wildman–Crippen LogP) is 0.845. The van der Waals surface area contributed by atoms with Crippen LogP contribution in [0.3, 0.4) is 0 Å². The van der Waals surface area contributed by atoms with E-state index in [1.807, 2.05) is 7.05 Å². The molecule has 0 unspecified atom stereocenters. The molecule has 0 radical (unpaired) electrons. The van der Waals surface area contributed by atoms with Crippen molar-refractivity contribution < 1.29 is 9.16 Å². The van der Waals surface area contributed by atoms with Gasteiger partial charge in [0, 0.05) is 7.05 Å². The standard InChI is InChI=1S/C10H8NO2/c1-11-9-5-12-3-7(9)2-8-4-13-6-10(8)11/h3,5-6H,4H2,1H3/q+1. The van der Waals surface area contributed by atoms with E-state index in [0.717, 1.165) is 22.5 Å². The van der Waals surface area contributed by atoms with Crippen molar-refractivity contribution in [3.05, 3.63) is 40.8 Å². The molecule has 0 aromatic carbocycles. The summed E-state index contributed by atoms with van der Waals surface area (Å²) in [6.45, 7) is 0.615. The highest BCUT2D eigenvalue weighted by atomic mass is 16.5. The molecule has 13 heavy (non-hydrogen) atoms. The first-order chi connectivity index (χ1) is 6.36. The van der Waals surface area contributed by atoms with E-state index in [0.29, 0.717) is 6.61 Å². The van der Waals surface area contributed by atoms with Crippen LogP contribution in [0.1, 0.15) is 0 Å². The Morgan fingerprint density at radius 3 is 3.38 bits per heavy atom. The first-order valence-corrected chi connectivity index (χ1v) is 4.11. The fourth-order valence-electron chi connectivity index (χ4n) is 1.67. The second-order valence-electron chi connectivity index (χ2n) is 3.15. The van der Waals surface area contributed by atoms with Crippen LogP contribution in [-0.4, -0.2) is 24.8 Å². The minimum absolute atomic E-state index is 0.615. The van der Waals surface area contributed by atoms with Gasteiger partial charge in [0.1, 0.15) is 18.4 Å². The number of nitrogens with zero attached hydrogens (tertiary/aromatic N) is 1. The van der Waals surface area contributed by atoms with E-state index < -0.39 is 0 Å². The first-order valence-electron chi connectivity index (χ1n) is 4.11. The molecule has 0 fully saturated rings. The Kier molecular flexibility index (Phi) is 1.12. The Balaban J connectivity index is 2.27. The smallest absolute Gasteiger partial charge is 0.343 e. The number of likely N-dealkylation sites (N-methyl/N-ethyl adjacent to an activating group) is 1. The SMILES string of the molecule is CN1C2=C[O+]=CC2=C=C2COC=C21. The van der Waals surface area contributed by atoms with Gasteiger partial charge in [-0.15, -0.1) is 0 Å². The summed E-state index contributed by atoms with van der Waals surface area (Å²) in [4.78, 5) is 2.05. The van der Waals surface area contributed by atoms with E-state index in [4.69, 9.17) is 9.16 Å². The van der Waals surface area contributed by atoms with E-state index in [-0.39, 0.29) is 0 Å². The van der Waals surface area contributed by atoms with Gasteiger partial charge in [0.15, 0.2) is 5.70 Å². The number of carbonyl (C=O) groups excluding carboxylic acids is 1. The maximum Gasteiger partial charge on any atom is 0.343 e. The molecule has 0 bridgehead atoms. The van der Waals surface area contributed by atoms with Crippen LogP contribution in [0.25, 0.3) is 0 Å². The second-order valence-corrected chi connectivity index (χ2v) is 3.15. The largest absolute Gasteiger partial charge is 0.494 e. The summed E-state index contributed by atoms with van der Waals surface area (Å²) in [6.07, 6.45) is 5.18. The van der Waals surface area contributed by atoms with Gasteiger partial charge >= 0.3 is 12.5 Å². The normalized spacial score (nSPS) is 22.7. The lowest BCUT2D eigenvalue weighted by Crippen LogP contribution is -2.20. The molecule has 0 amide bonds. The minimum Gasteiger partial charge on any atom is -0.494 e. The van der Waals surface area contributed by atoms with Crippen LogP contribution < -0.4 is 0 Å². The molecule has 3 aliphatic rings. The van der Waals surface area contributed by atoms with Gasteiger partial charge in [0.05, 0.1) is 11.3 Å². The average Bonchev–Trinajstić information content (AvgIpc) is 2.71. The van der Waals surface area contributed by atoms with Crippen molar-refractivity contribution in [2.75, 3.05) is 13.7 Å². The van der Waals surface area contributed by atoms with E-state index in [9.17, 15) is 0 Å². The zero-order valence-corrected chi connectivity index (χ0v) is 7.20. The van der Waals surface area contributed by atoms with Crippen molar-refractivity contribution in [3.8, 4) is 0 Å². The van der Waals surface area contributed by atoms with Crippen molar-refractivity contribution >= 4 is 6.29 Å². The van der Waals surface area contributed by atoms with Gasteiger partial charge in [-0.3, -0.25) is 0 Å². The fraction of sp³-hybridized carbons (Fsp3) is 0.200. The van der Waals surface area contributed by atoms with Crippen molar-refractivity contribution in [2.24, 2.45) is 0 Å². The molecule has 0 atom stereocenters. The second kappa shape index (κ2) is 2.15. The van der Waals surface area contributed by atoms with Gasteiger partial charge in [-0.2, -0.15) is 0 Å². The molecule has 3 rings (SSSR count). The van der Waals surface area contributed by atoms with Gasteiger partial charge < -0.3 is 9.64 Å². The van der Waals surface area contributed by atoms with E-state index in [1.54, 1.807) is 18.8 Å². The number of hydrogen-bond acceptors (Lipinski definition) is 2. The monoisotopic (exact) mass is 174 g/mol. The number of hydrogen-bond donors (Lipinski definition) is 0. The summed E-state index contributed by atoms with van der Waals surface area (Å²) in [5.74, 6) is 0. The summed E-state index contributed by atoms with van der Waals surface area (Å²) in [5, 5.41) is 0. The summed E-state index contributed by atoms with van der Waals surface area (Å²) in [5.41, 5.74) is 7.47. The first kappa shape index (κ1) is 6.75. The van der Waals surface area contributed by atoms with Crippen LogP contribution in [0.4, 0.5) is 0 Å². The Hall–Kier alpha value is -1.73. The van der Waals surface area contributed by atoms with Crippen LogP contribution in [0.2, 0.25) is 0 Å². The highest BCUT2D eigenvalue weighted by Crippen LogP contribution is 2.31. The fourth-order valence-corrected chi connectivity index (χ4v) is 1.67. The average molecular weight is 174 g/mol. The Labute approximate surface area is 75.6 Å². The van der Waals surface area contributed by atoms with Gasteiger partial charge in [0.2, 0.25) is 0 Å². The minimum atomic E-state index is 0.615. The van der Waals surface area contributed by atoms with Gasteiger partial charge in [0.25, 0.3) is 0 Å². The Morgan fingerprint density at radius 1 is 1.54 bits per heavy atom. The molecular formula is C10H8NO2+. The third-order valence-electron chi connectivity index (χ3n) is 2.38. The zero-order valence-electron chi connectivity index (χ0n) is 7.20. The molecule has 0 saturated carbocycles. The van der Waals surface area contributed by atoms with Gasteiger partial charge in [-0.1, -0.05) is 5.73 Å². The van der Waals surface area contributed by atoms with Crippen LogP contribution in [0.15, 0.2) is 40.8 Å². The molecule has 3 aliphatic heterocycles. The number of fused-ring (bicyclic) bond motifs is 2. The summed E-state index contributed by atoms with van der Waals surface area (Å²) in [6, 6.07) is 0. The third-order valence-corrected chi connectivity index (χ3v) is 2.38. The quantitative estimate of drug-likeness (QED) is 0.309. The van der Waals surface area contributed by atoms with Crippen LogP contribution in [0, 0.1) is 0 Å². The number of ether oxygens (including phenoxy) is 1. The summed E-state index contributed by atoms with van der Waals surface area (Å²) < 4.78 is 10.3. The molecular weight excluding hydrogens is 166 g/mol. The highest BCUT2D eigenvalue weighted by Gasteiger charge is 2.31. The van der Waals surface area contributed by atoms with Crippen molar-refractivity contribution in [1.29, 1.82) is 0 Å². The zero-order chi connectivity index (χ0) is 8.84. The van der Waals surface area contributed by atoms with Crippen molar-refractivity contribution in [3.63, 3.8) is 0 Å². The topological polar surface area (TPSA) is 23.8 Å². The number of allylic oxidation sites excluding steroid dienone is 1. The molecule has 3 nitrogen and oxygen atoms in total. The maximum atomic E-state index is 5.23. The molecule has 3 heteroatoms. The molecule has 0 N–H and O–H groups in total. The lowest BCUT2D eigenvalue weighted by molar-refractivity contribution is -0.363.